The van der Waals surface area contributed by atoms with Crippen LogP contribution in [0.25, 0.3) is 0 Å². The van der Waals surface area contributed by atoms with Crippen molar-refractivity contribution in [1.82, 2.24) is 15.3 Å². The van der Waals surface area contributed by atoms with Crippen molar-refractivity contribution in [3.63, 3.8) is 0 Å². The maximum Gasteiger partial charge on any atom is 0.150 e. The Morgan fingerprint density at radius 2 is 2.47 bits per heavy atom. The van der Waals surface area contributed by atoms with Crippen LogP contribution >= 0.6 is 11.6 Å². The molecule has 94 valence electrons. The molecule has 0 aromatic carbocycles. The zero-order chi connectivity index (χ0) is 12.1. The van der Waals surface area contributed by atoms with Crippen LogP contribution in [0.1, 0.15) is 26.2 Å². The molecule has 0 bridgehead atoms. The maximum absolute atomic E-state index is 6.15. The first-order chi connectivity index (χ1) is 8.31. The fourth-order valence-corrected chi connectivity index (χ4v) is 2.50. The molecule has 1 fully saturated rings. The highest BCUT2D eigenvalue weighted by molar-refractivity contribution is 6.32. The van der Waals surface area contributed by atoms with E-state index in [1.54, 1.807) is 12.5 Å². The quantitative estimate of drug-likeness (QED) is 0.874. The lowest BCUT2D eigenvalue weighted by molar-refractivity contribution is 0.575. The SMILES string of the molecule is CCCN(CC1CCCN1)c1ncncc1Cl. The van der Waals surface area contributed by atoms with E-state index < -0.39 is 0 Å². The van der Waals surface area contributed by atoms with Crippen molar-refractivity contribution in [2.75, 3.05) is 24.5 Å². The molecule has 0 amide bonds. The smallest absolute Gasteiger partial charge is 0.150 e. The minimum Gasteiger partial charge on any atom is -0.354 e. The molecular weight excluding hydrogens is 236 g/mol. The highest BCUT2D eigenvalue weighted by Crippen LogP contribution is 2.22. The van der Waals surface area contributed by atoms with Crippen LogP contribution in [0.15, 0.2) is 12.5 Å². The third-order valence-corrected chi connectivity index (χ3v) is 3.31. The molecule has 2 heterocycles. The van der Waals surface area contributed by atoms with Gasteiger partial charge in [-0.3, -0.25) is 0 Å². The minimum atomic E-state index is 0.563. The fraction of sp³-hybridized carbons (Fsp3) is 0.667. The van der Waals surface area contributed by atoms with Gasteiger partial charge in [0.05, 0.1) is 6.20 Å². The number of rotatable bonds is 5. The summed E-state index contributed by atoms with van der Waals surface area (Å²) in [5, 5.41) is 4.14. The Kier molecular flexibility index (Phi) is 4.57. The summed E-state index contributed by atoms with van der Waals surface area (Å²) >= 11 is 6.15. The van der Waals surface area contributed by atoms with Crippen molar-refractivity contribution < 1.29 is 0 Å². The molecule has 1 saturated heterocycles. The maximum atomic E-state index is 6.15. The number of hydrogen-bond donors (Lipinski definition) is 1. The topological polar surface area (TPSA) is 41.0 Å². The molecule has 5 heteroatoms. The number of halogens is 1. The van der Waals surface area contributed by atoms with Gasteiger partial charge in [0.1, 0.15) is 11.3 Å². The Balaban J connectivity index is 2.08. The van der Waals surface area contributed by atoms with E-state index in [-0.39, 0.29) is 0 Å². The van der Waals surface area contributed by atoms with E-state index in [0.717, 1.165) is 31.9 Å². The summed E-state index contributed by atoms with van der Waals surface area (Å²) in [6, 6.07) is 0.563. The van der Waals surface area contributed by atoms with E-state index in [2.05, 4.69) is 27.1 Å². The van der Waals surface area contributed by atoms with E-state index in [1.165, 1.54) is 12.8 Å². The molecule has 0 aliphatic carbocycles. The molecule has 1 atom stereocenters. The normalized spacial score (nSPS) is 19.5. The fourth-order valence-electron chi connectivity index (χ4n) is 2.27. The van der Waals surface area contributed by atoms with Crippen LogP contribution in [0, 0.1) is 0 Å². The first-order valence-corrected chi connectivity index (χ1v) is 6.63. The number of nitrogens with one attached hydrogen (secondary N) is 1. The van der Waals surface area contributed by atoms with E-state index >= 15 is 0 Å². The van der Waals surface area contributed by atoms with Crippen molar-refractivity contribution in [3.8, 4) is 0 Å². The summed E-state index contributed by atoms with van der Waals surface area (Å²) < 4.78 is 0. The summed E-state index contributed by atoms with van der Waals surface area (Å²) in [6.45, 7) is 5.26. The van der Waals surface area contributed by atoms with Crippen LogP contribution in [0.2, 0.25) is 5.02 Å². The summed E-state index contributed by atoms with van der Waals surface area (Å²) in [6.07, 6.45) is 6.82. The van der Waals surface area contributed by atoms with Crippen molar-refractivity contribution in [2.45, 2.75) is 32.2 Å². The predicted molar refractivity (Wildman–Crippen MR) is 70.6 cm³/mol. The molecular formula is C12H19ClN4. The Morgan fingerprint density at radius 3 is 3.12 bits per heavy atom. The van der Waals surface area contributed by atoms with Gasteiger partial charge in [-0.25, -0.2) is 9.97 Å². The van der Waals surface area contributed by atoms with Crippen LogP contribution in [-0.2, 0) is 0 Å². The first-order valence-electron chi connectivity index (χ1n) is 6.25. The van der Waals surface area contributed by atoms with E-state index in [9.17, 15) is 0 Å². The van der Waals surface area contributed by atoms with Gasteiger partial charge in [-0.05, 0) is 25.8 Å². The number of hydrogen-bond acceptors (Lipinski definition) is 4. The van der Waals surface area contributed by atoms with Crippen LogP contribution in [0.5, 0.6) is 0 Å². The molecule has 1 N–H and O–H groups in total. The molecule has 1 aliphatic rings. The van der Waals surface area contributed by atoms with E-state index in [0.29, 0.717) is 11.1 Å². The van der Waals surface area contributed by atoms with E-state index in [4.69, 9.17) is 11.6 Å². The molecule has 0 spiro atoms. The van der Waals surface area contributed by atoms with Gasteiger partial charge in [0.25, 0.3) is 0 Å². The molecule has 0 saturated carbocycles. The van der Waals surface area contributed by atoms with Crippen LogP contribution in [0.4, 0.5) is 5.82 Å². The van der Waals surface area contributed by atoms with Crippen LogP contribution in [0.3, 0.4) is 0 Å². The standard InChI is InChI=1S/C12H19ClN4/c1-2-6-17(8-10-4-3-5-15-10)12-11(13)7-14-9-16-12/h7,9-10,15H,2-6,8H2,1H3. The second-order valence-corrected chi connectivity index (χ2v) is 4.84. The lowest BCUT2D eigenvalue weighted by Gasteiger charge is -2.26. The third kappa shape index (κ3) is 3.30. The Bertz CT molecular complexity index is 352. The second-order valence-electron chi connectivity index (χ2n) is 4.43. The molecule has 1 aromatic heterocycles. The van der Waals surface area contributed by atoms with Crippen molar-refractivity contribution in [1.29, 1.82) is 0 Å². The zero-order valence-corrected chi connectivity index (χ0v) is 11.0. The Morgan fingerprint density at radius 1 is 1.59 bits per heavy atom. The number of nitrogens with zero attached hydrogens (tertiary/aromatic N) is 3. The van der Waals surface area contributed by atoms with Crippen molar-refractivity contribution >= 4 is 17.4 Å². The predicted octanol–water partition coefficient (Wildman–Crippen LogP) is 2.10. The van der Waals surface area contributed by atoms with Crippen LogP contribution < -0.4 is 10.2 Å². The molecule has 2 rings (SSSR count). The van der Waals surface area contributed by atoms with Gasteiger partial charge in [-0.2, -0.15) is 0 Å². The Hall–Kier alpha value is -0.870. The average Bonchev–Trinajstić information content (AvgIpc) is 2.82. The minimum absolute atomic E-state index is 0.563. The van der Waals surface area contributed by atoms with Gasteiger partial charge in [0.2, 0.25) is 0 Å². The number of anilines is 1. The van der Waals surface area contributed by atoms with Gasteiger partial charge in [-0.15, -0.1) is 0 Å². The first kappa shape index (κ1) is 12.6. The average molecular weight is 255 g/mol. The molecule has 1 aromatic rings. The van der Waals surface area contributed by atoms with Crippen molar-refractivity contribution in [3.05, 3.63) is 17.5 Å². The largest absolute Gasteiger partial charge is 0.354 e. The third-order valence-electron chi connectivity index (χ3n) is 3.04. The van der Waals surface area contributed by atoms with Crippen molar-refractivity contribution in [2.24, 2.45) is 0 Å². The van der Waals surface area contributed by atoms with E-state index in [1.807, 2.05) is 0 Å². The van der Waals surface area contributed by atoms with Gasteiger partial charge in [0, 0.05) is 19.1 Å². The molecule has 0 radical (unpaired) electrons. The summed E-state index contributed by atoms with van der Waals surface area (Å²) in [5.74, 6) is 0.859. The summed E-state index contributed by atoms with van der Waals surface area (Å²) in [5.41, 5.74) is 0. The monoisotopic (exact) mass is 254 g/mol. The zero-order valence-electron chi connectivity index (χ0n) is 10.2. The molecule has 17 heavy (non-hydrogen) atoms. The summed E-state index contributed by atoms with van der Waals surface area (Å²) in [7, 11) is 0. The van der Waals surface area contributed by atoms with Gasteiger partial charge < -0.3 is 10.2 Å². The Labute approximate surface area is 107 Å². The van der Waals surface area contributed by atoms with Gasteiger partial charge >= 0.3 is 0 Å². The highest BCUT2D eigenvalue weighted by atomic mass is 35.5. The number of aromatic nitrogens is 2. The van der Waals surface area contributed by atoms with Gasteiger partial charge in [0.15, 0.2) is 5.82 Å². The molecule has 4 nitrogen and oxygen atoms in total. The molecule has 1 unspecified atom stereocenters. The second kappa shape index (κ2) is 6.17. The lowest BCUT2D eigenvalue weighted by Crippen LogP contribution is -2.38. The highest BCUT2D eigenvalue weighted by Gasteiger charge is 2.19. The van der Waals surface area contributed by atoms with Gasteiger partial charge in [-0.1, -0.05) is 18.5 Å². The van der Waals surface area contributed by atoms with Crippen LogP contribution in [-0.4, -0.2) is 35.6 Å². The summed E-state index contributed by atoms with van der Waals surface area (Å²) in [4.78, 5) is 10.5. The lowest BCUT2D eigenvalue weighted by atomic mass is 10.2. The molecule has 1 aliphatic heterocycles.